The molecule has 2 aromatic rings. The molecule has 1 aromatic carbocycles. The second-order valence-corrected chi connectivity index (χ2v) is 5.34. The Hall–Kier alpha value is -2.15. The van der Waals surface area contributed by atoms with Gasteiger partial charge in [-0.2, -0.15) is 0 Å². The molecule has 104 valence electrons. The molecule has 0 aliphatic carbocycles. The van der Waals surface area contributed by atoms with Crippen molar-refractivity contribution in [1.29, 1.82) is 0 Å². The Morgan fingerprint density at radius 3 is 2.85 bits per heavy atom. The minimum Gasteiger partial charge on any atom is -0.480 e. The average molecular weight is 292 g/mol. The standard InChI is InChI=1S/C13H12N2O4S/c1-2-10(13(16)17)20-11-6-5-9-8(4-3-7-14-9)12(11)15(18)19/h3-7,10H,2H2,1H3,(H,16,17). The first-order chi connectivity index (χ1) is 9.54. The summed E-state index contributed by atoms with van der Waals surface area (Å²) < 4.78 is 0. The van der Waals surface area contributed by atoms with Gasteiger partial charge in [-0.1, -0.05) is 6.92 Å². The molecule has 0 aliphatic heterocycles. The van der Waals surface area contributed by atoms with E-state index < -0.39 is 16.1 Å². The summed E-state index contributed by atoms with van der Waals surface area (Å²) in [5.74, 6) is -0.974. The van der Waals surface area contributed by atoms with Gasteiger partial charge in [-0.3, -0.25) is 19.9 Å². The summed E-state index contributed by atoms with van der Waals surface area (Å²) in [5, 5.41) is 20.1. The summed E-state index contributed by atoms with van der Waals surface area (Å²) in [6.45, 7) is 1.74. The molecule has 1 N–H and O–H groups in total. The van der Waals surface area contributed by atoms with Crippen molar-refractivity contribution in [3.05, 3.63) is 40.6 Å². The van der Waals surface area contributed by atoms with Crippen LogP contribution in [0.3, 0.4) is 0 Å². The summed E-state index contributed by atoms with van der Waals surface area (Å²) in [4.78, 5) is 26.3. The number of pyridine rings is 1. The van der Waals surface area contributed by atoms with Crippen molar-refractivity contribution in [3.8, 4) is 0 Å². The summed E-state index contributed by atoms with van der Waals surface area (Å²) in [6, 6.07) is 6.47. The van der Waals surface area contributed by atoms with Gasteiger partial charge in [-0.15, -0.1) is 11.8 Å². The molecule has 0 fully saturated rings. The molecule has 0 saturated heterocycles. The molecule has 6 nitrogen and oxygen atoms in total. The van der Waals surface area contributed by atoms with E-state index in [4.69, 9.17) is 5.11 Å². The number of hydrogen-bond donors (Lipinski definition) is 1. The molecule has 0 aliphatic rings. The molecule has 0 radical (unpaired) electrons. The molecule has 20 heavy (non-hydrogen) atoms. The van der Waals surface area contributed by atoms with E-state index in [1.54, 1.807) is 37.4 Å². The van der Waals surface area contributed by atoms with Gasteiger partial charge in [0.25, 0.3) is 5.69 Å². The third-order valence-electron chi connectivity index (χ3n) is 2.82. The minimum absolute atomic E-state index is 0.0831. The Kier molecular flexibility index (Phi) is 4.19. The Morgan fingerprint density at radius 1 is 1.50 bits per heavy atom. The molecule has 0 bridgehead atoms. The van der Waals surface area contributed by atoms with Crippen molar-refractivity contribution in [1.82, 2.24) is 4.98 Å². The maximum atomic E-state index is 11.3. The van der Waals surface area contributed by atoms with Crippen LogP contribution in [0, 0.1) is 10.1 Å². The van der Waals surface area contributed by atoms with E-state index in [-0.39, 0.29) is 5.69 Å². The molecule has 0 saturated carbocycles. The number of fused-ring (bicyclic) bond motifs is 1. The molecule has 1 heterocycles. The van der Waals surface area contributed by atoms with Crippen LogP contribution in [0.15, 0.2) is 35.4 Å². The van der Waals surface area contributed by atoms with Crippen LogP contribution in [0.1, 0.15) is 13.3 Å². The minimum atomic E-state index is -0.974. The number of thioether (sulfide) groups is 1. The highest BCUT2D eigenvalue weighted by atomic mass is 32.2. The van der Waals surface area contributed by atoms with Gasteiger partial charge in [0.2, 0.25) is 0 Å². The van der Waals surface area contributed by atoms with Crippen LogP contribution in [-0.4, -0.2) is 26.2 Å². The summed E-state index contributed by atoms with van der Waals surface area (Å²) in [7, 11) is 0. The second-order valence-electron chi connectivity index (χ2n) is 4.09. The fraction of sp³-hybridized carbons (Fsp3) is 0.231. The van der Waals surface area contributed by atoms with E-state index >= 15 is 0 Å². The molecule has 1 atom stereocenters. The van der Waals surface area contributed by atoms with E-state index in [0.717, 1.165) is 11.8 Å². The molecular weight excluding hydrogens is 280 g/mol. The van der Waals surface area contributed by atoms with Crippen molar-refractivity contribution in [2.75, 3.05) is 0 Å². The van der Waals surface area contributed by atoms with Crippen molar-refractivity contribution in [2.45, 2.75) is 23.5 Å². The first kappa shape index (κ1) is 14.3. The monoisotopic (exact) mass is 292 g/mol. The van der Waals surface area contributed by atoms with Crippen molar-refractivity contribution >= 4 is 34.3 Å². The van der Waals surface area contributed by atoms with Crippen LogP contribution in [0.2, 0.25) is 0 Å². The largest absolute Gasteiger partial charge is 0.480 e. The van der Waals surface area contributed by atoms with Gasteiger partial charge in [0.1, 0.15) is 5.25 Å². The molecule has 7 heteroatoms. The van der Waals surface area contributed by atoms with Gasteiger partial charge in [0.05, 0.1) is 20.7 Å². The Morgan fingerprint density at radius 2 is 2.25 bits per heavy atom. The van der Waals surface area contributed by atoms with Gasteiger partial charge in [-0.05, 0) is 30.7 Å². The number of carbonyl (C=O) groups is 1. The number of nitrogens with zero attached hydrogens (tertiary/aromatic N) is 2. The first-order valence-electron chi connectivity index (χ1n) is 5.96. The number of benzene rings is 1. The molecule has 0 amide bonds. The van der Waals surface area contributed by atoms with Crippen LogP contribution in [0.25, 0.3) is 10.9 Å². The fourth-order valence-electron chi connectivity index (χ4n) is 1.86. The van der Waals surface area contributed by atoms with E-state index in [2.05, 4.69) is 4.98 Å². The van der Waals surface area contributed by atoms with Crippen LogP contribution in [0.4, 0.5) is 5.69 Å². The molecule has 1 unspecified atom stereocenters. The van der Waals surface area contributed by atoms with Crippen LogP contribution in [-0.2, 0) is 4.79 Å². The molecule has 1 aromatic heterocycles. The molecular formula is C13H12N2O4S. The lowest BCUT2D eigenvalue weighted by molar-refractivity contribution is -0.385. The predicted octanol–water partition coefficient (Wildman–Crippen LogP) is 3.10. The SMILES string of the molecule is CCC(Sc1ccc2ncccc2c1[N+](=O)[O-])C(=O)O. The summed E-state index contributed by atoms with van der Waals surface area (Å²) >= 11 is 0.998. The topological polar surface area (TPSA) is 93.3 Å². The number of hydrogen-bond acceptors (Lipinski definition) is 5. The van der Waals surface area contributed by atoms with Crippen LogP contribution < -0.4 is 0 Å². The zero-order valence-electron chi connectivity index (χ0n) is 10.6. The quantitative estimate of drug-likeness (QED) is 0.517. The van der Waals surface area contributed by atoms with Gasteiger partial charge >= 0.3 is 5.97 Å². The van der Waals surface area contributed by atoms with Crippen molar-refractivity contribution in [3.63, 3.8) is 0 Å². The fourth-order valence-corrected chi connectivity index (χ4v) is 2.88. The highest BCUT2D eigenvalue weighted by Crippen LogP contribution is 2.37. The lowest BCUT2D eigenvalue weighted by Gasteiger charge is -2.10. The number of aromatic nitrogens is 1. The Bertz CT molecular complexity index is 674. The van der Waals surface area contributed by atoms with E-state index in [0.29, 0.717) is 22.2 Å². The number of carboxylic acid groups (broad SMARTS) is 1. The maximum Gasteiger partial charge on any atom is 0.316 e. The van der Waals surface area contributed by atoms with E-state index in [1.165, 1.54) is 0 Å². The number of nitro benzene ring substituents is 1. The number of nitro groups is 1. The Balaban J connectivity index is 2.55. The highest BCUT2D eigenvalue weighted by molar-refractivity contribution is 8.00. The zero-order valence-corrected chi connectivity index (χ0v) is 11.5. The average Bonchev–Trinajstić information content (AvgIpc) is 2.43. The lowest BCUT2D eigenvalue weighted by atomic mass is 10.2. The van der Waals surface area contributed by atoms with Crippen LogP contribution >= 0.6 is 11.8 Å². The molecule has 2 rings (SSSR count). The lowest BCUT2D eigenvalue weighted by Crippen LogP contribution is -2.15. The maximum absolute atomic E-state index is 11.3. The van der Waals surface area contributed by atoms with Gasteiger partial charge < -0.3 is 5.11 Å². The third-order valence-corrected chi connectivity index (χ3v) is 4.22. The second kappa shape index (κ2) is 5.87. The Labute approximate surface area is 119 Å². The first-order valence-corrected chi connectivity index (χ1v) is 6.84. The smallest absolute Gasteiger partial charge is 0.316 e. The van der Waals surface area contributed by atoms with Gasteiger partial charge in [-0.25, -0.2) is 0 Å². The summed E-state index contributed by atoms with van der Waals surface area (Å²) in [6.07, 6.45) is 1.95. The third kappa shape index (κ3) is 2.72. The van der Waals surface area contributed by atoms with E-state index in [9.17, 15) is 14.9 Å². The number of carboxylic acids is 1. The normalized spacial score (nSPS) is 12.2. The predicted molar refractivity (Wildman–Crippen MR) is 76.0 cm³/mol. The van der Waals surface area contributed by atoms with Crippen molar-refractivity contribution in [2.24, 2.45) is 0 Å². The van der Waals surface area contributed by atoms with Gasteiger partial charge in [0, 0.05) is 6.20 Å². The molecule has 0 spiro atoms. The van der Waals surface area contributed by atoms with Gasteiger partial charge in [0.15, 0.2) is 0 Å². The number of rotatable bonds is 5. The highest BCUT2D eigenvalue weighted by Gasteiger charge is 2.24. The zero-order chi connectivity index (χ0) is 14.7. The number of aliphatic carboxylic acids is 1. The van der Waals surface area contributed by atoms with Crippen LogP contribution in [0.5, 0.6) is 0 Å². The van der Waals surface area contributed by atoms with Crippen molar-refractivity contribution < 1.29 is 14.8 Å². The van der Waals surface area contributed by atoms with E-state index in [1.807, 2.05) is 0 Å². The summed E-state index contributed by atoms with van der Waals surface area (Å²) in [5.41, 5.74) is 0.437.